The quantitative estimate of drug-likeness (QED) is 0.920. The number of aliphatic hydroxyl groups excluding tert-OH is 1. The summed E-state index contributed by atoms with van der Waals surface area (Å²) in [5, 5.41) is 10.6. The smallest absolute Gasteiger partial charge is 0.171 e. The number of hydrogen-bond donors (Lipinski definition) is 1. The Bertz CT molecular complexity index is 557. The van der Waals surface area contributed by atoms with Gasteiger partial charge in [-0.3, -0.25) is 0 Å². The highest BCUT2D eigenvalue weighted by atomic mass is 35.5. The summed E-state index contributed by atoms with van der Waals surface area (Å²) in [6.45, 7) is 0. The molecule has 2 rings (SSSR count). The Morgan fingerprint density at radius 1 is 1.11 bits per heavy atom. The Kier molecular flexibility index (Phi) is 3.84. The SMILES string of the molecule is COc1cccc(C(O)c2ccccc2Cl)c1F. The summed E-state index contributed by atoms with van der Waals surface area (Å²) in [6, 6.07) is 11.4. The van der Waals surface area contributed by atoms with Crippen LogP contribution in [0.25, 0.3) is 0 Å². The van der Waals surface area contributed by atoms with E-state index in [1.807, 2.05) is 0 Å². The van der Waals surface area contributed by atoms with E-state index in [9.17, 15) is 9.50 Å². The van der Waals surface area contributed by atoms with E-state index in [1.54, 1.807) is 30.3 Å². The average Bonchev–Trinajstić information content (AvgIpc) is 2.39. The van der Waals surface area contributed by atoms with E-state index in [1.165, 1.54) is 19.2 Å². The molecule has 0 aliphatic heterocycles. The molecule has 94 valence electrons. The minimum atomic E-state index is -1.12. The van der Waals surface area contributed by atoms with Crippen molar-refractivity contribution in [2.24, 2.45) is 0 Å². The van der Waals surface area contributed by atoms with E-state index >= 15 is 0 Å². The molecule has 2 nitrogen and oxygen atoms in total. The van der Waals surface area contributed by atoms with Crippen LogP contribution >= 0.6 is 11.6 Å². The third-order valence-electron chi connectivity index (χ3n) is 2.71. The van der Waals surface area contributed by atoms with Gasteiger partial charge in [0.25, 0.3) is 0 Å². The maximum absolute atomic E-state index is 14.0. The summed E-state index contributed by atoms with van der Waals surface area (Å²) in [6.07, 6.45) is -1.12. The van der Waals surface area contributed by atoms with Gasteiger partial charge in [0.05, 0.1) is 7.11 Å². The topological polar surface area (TPSA) is 29.5 Å². The molecule has 1 unspecified atom stereocenters. The zero-order valence-electron chi connectivity index (χ0n) is 9.73. The van der Waals surface area contributed by atoms with Crippen molar-refractivity contribution in [1.29, 1.82) is 0 Å². The van der Waals surface area contributed by atoms with Gasteiger partial charge in [-0.2, -0.15) is 0 Å². The number of benzene rings is 2. The number of methoxy groups -OCH3 is 1. The van der Waals surface area contributed by atoms with Crippen molar-refractivity contribution < 1.29 is 14.2 Å². The fourth-order valence-electron chi connectivity index (χ4n) is 1.76. The molecule has 0 heterocycles. The van der Waals surface area contributed by atoms with Crippen molar-refractivity contribution >= 4 is 11.6 Å². The largest absolute Gasteiger partial charge is 0.494 e. The predicted molar refractivity (Wildman–Crippen MR) is 68.5 cm³/mol. The predicted octanol–water partition coefficient (Wildman–Crippen LogP) is 3.57. The fraction of sp³-hybridized carbons (Fsp3) is 0.143. The van der Waals surface area contributed by atoms with E-state index in [2.05, 4.69) is 0 Å². The van der Waals surface area contributed by atoms with E-state index in [0.29, 0.717) is 10.6 Å². The van der Waals surface area contributed by atoms with E-state index < -0.39 is 11.9 Å². The van der Waals surface area contributed by atoms with Crippen molar-refractivity contribution in [2.45, 2.75) is 6.10 Å². The summed E-state index contributed by atoms with van der Waals surface area (Å²) in [7, 11) is 1.38. The molecule has 0 spiro atoms. The Balaban J connectivity index is 2.47. The lowest BCUT2D eigenvalue weighted by Gasteiger charge is -2.15. The summed E-state index contributed by atoms with van der Waals surface area (Å²) in [5.74, 6) is -0.481. The van der Waals surface area contributed by atoms with E-state index in [0.717, 1.165) is 0 Å². The minimum absolute atomic E-state index is 0.0959. The standard InChI is InChI=1S/C14H12ClFO2/c1-18-12-8-4-6-10(13(12)16)14(17)9-5-2-3-7-11(9)15/h2-8,14,17H,1H3. The normalized spacial score (nSPS) is 12.2. The summed E-state index contributed by atoms with van der Waals surface area (Å²) < 4.78 is 18.9. The van der Waals surface area contributed by atoms with Gasteiger partial charge < -0.3 is 9.84 Å². The molecule has 2 aromatic carbocycles. The number of halogens is 2. The molecule has 0 aromatic heterocycles. The third-order valence-corrected chi connectivity index (χ3v) is 3.05. The van der Waals surface area contributed by atoms with Crippen molar-refractivity contribution in [3.05, 3.63) is 64.4 Å². The van der Waals surface area contributed by atoms with Gasteiger partial charge in [-0.05, 0) is 12.1 Å². The average molecular weight is 267 g/mol. The second-order valence-corrected chi connectivity index (χ2v) is 4.19. The molecule has 1 atom stereocenters. The second-order valence-electron chi connectivity index (χ2n) is 3.79. The fourth-order valence-corrected chi connectivity index (χ4v) is 2.00. The van der Waals surface area contributed by atoms with Gasteiger partial charge in [0.2, 0.25) is 0 Å². The molecule has 0 aliphatic rings. The van der Waals surface area contributed by atoms with Gasteiger partial charge in [-0.25, -0.2) is 4.39 Å². The molecule has 0 fully saturated rings. The molecule has 2 aromatic rings. The first kappa shape index (κ1) is 12.9. The molecule has 0 bridgehead atoms. The van der Waals surface area contributed by atoms with Crippen molar-refractivity contribution in [2.75, 3.05) is 7.11 Å². The molecule has 0 saturated carbocycles. The molecule has 1 N–H and O–H groups in total. The van der Waals surface area contributed by atoms with Crippen molar-refractivity contribution in [1.82, 2.24) is 0 Å². The molecular weight excluding hydrogens is 255 g/mol. The van der Waals surface area contributed by atoms with Gasteiger partial charge in [0, 0.05) is 16.1 Å². The minimum Gasteiger partial charge on any atom is -0.494 e. The molecular formula is C14H12ClFO2. The van der Waals surface area contributed by atoms with Gasteiger partial charge in [-0.15, -0.1) is 0 Å². The van der Waals surface area contributed by atoms with Crippen LogP contribution in [0.5, 0.6) is 5.75 Å². The molecule has 0 aliphatic carbocycles. The van der Waals surface area contributed by atoms with Gasteiger partial charge in [0.1, 0.15) is 6.10 Å². The summed E-state index contributed by atoms with van der Waals surface area (Å²) in [4.78, 5) is 0. The number of rotatable bonds is 3. The highest BCUT2D eigenvalue weighted by molar-refractivity contribution is 6.31. The van der Waals surface area contributed by atoms with Crippen LogP contribution < -0.4 is 4.74 Å². The second kappa shape index (κ2) is 5.38. The Labute approximate surface area is 110 Å². The summed E-state index contributed by atoms with van der Waals surface area (Å²) in [5.41, 5.74) is 0.605. The van der Waals surface area contributed by atoms with Crippen molar-refractivity contribution in [3.8, 4) is 5.75 Å². The number of aliphatic hydroxyl groups is 1. The van der Waals surface area contributed by atoms with Crippen LogP contribution in [0.1, 0.15) is 17.2 Å². The first-order chi connectivity index (χ1) is 8.65. The Hall–Kier alpha value is -1.58. The highest BCUT2D eigenvalue weighted by Crippen LogP contribution is 2.32. The zero-order chi connectivity index (χ0) is 13.1. The Morgan fingerprint density at radius 3 is 2.44 bits per heavy atom. The van der Waals surface area contributed by atoms with Gasteiger partial charge in [0.15, 0.2) is 11.6 Å². The lowest BCUT2D eigenvalue weighted by molar-refractivity contribution is 0.213. The summed E-state index contributed by atoms with van der Waals surface area (Å²) >= 11 is 5.98. The number of ether oxygens (including phenoxy) is 1. The monoisotopic (exact) mass is 266 g/mol. The van der Waals surface area contributed by atoms with Crippen molar-refractivity contribution in [3.63, 3.8) is 0 Å². The van der Waals surface area contributed by atoms with Crippen LogP contribution in [0.3, 0.4) is 0 Å². The van der Waals surface area contributed by atoms with Crippen LogP contribution in [0, 0.1) is 5.82 Å². The molecule has 0 saturated heterocycles. The molecule has 0 amide bonds. The first-order valence-electron chi connectivity index (χ1n) is 5.40. The van der Waals surface area contributed by atoms with E-state index in [-0.39, 0.29) is 11.3 Å². The first-order valence-corrected chi connectivity index (χ1v) is 5.78. The zero-order valence-corrected chi connectivity index (χ0v) is 10.5. The molecule has 4 heteroatoms. The molecule has 0 radical (unpaired) electrons. The molecule has 18 heavy (non-hydrogen) atoms. The van der Waals surface area contributed by atoms with Gasteiger partial charge >= 0.3 is 0 Å². The maximum atomic E-state index is 14.0. The maximum Gasteiger partial charge on any atom is 0.171 e. The van der Waals surface area contributed by atoms with Gasteiger partial charge in [-0.1, -0.05) is 41.9 Å². The van der Waals surface area contributed by atoms with E-state index in [4.69, 9.17) is 16.3 Å². The Morgan fingerprint density at radius 2 is 1.78 bits per heavy atom. The lowest BCUT2D eigenvalue weighted by Crippen LogP contribution is -2.04. The lowest BCUT2D eigenvalue weighted by atomic mass is 10.0. The van der Waals surface area contributed by atoms with Crippen LogP contribution in [0.2, 0.25) is 5.02 Å². The van der Waals surface area contributed by atoms with Crippen LogP contribution in [-0.2, 0) is 0 Å². The highest BCUT2D eigenvalue weighted by Gasteiger charge is 2.19. The van der Waals surface area contributed by atoms with Crippen LogP contribution in [0.15, 0.2) is 42.5 Å². The van der Waals surface area contributed by atoms with Crippen LogP contribution in [-0.4, -0.2) is 12.2 Å². The third kappa shape index (κ3) is 2.33. The van der Waals surface area contributed by atoms with Crippen LogP contribution in [0.4, 0.5) is 4.39 Å². The number of hydrogen-bond acceptors (Lipinski definition) is 2.